The highest BCUT2D eigenvalue weighted by Gasteiger charge is 2.12. The van der Waals surface area contributed by atoms with Crippen molar-refractivity contribution in [3.8, 4) is 0 Å². The number of hydrogen-bond donors (Lipinski definition) is 1. The van der Waals surface area contributed by atoms with Gasteiger partial charge in [0, 0.05) is 37.6 Å². The van der Waals surface area contributed by atoms with E-state index in [1.807, 2.05) is 18.6 Å². The first-order valence-corrected chi connectivity index (χ1v) is 4.59. The third-order valence-corrected chi connectivity index (χ3v) is 2.62. The van der Waals surface area contributed by atoms with Crippen molar-refractivity contribution in [3.63, 3.8) is 0 Å². The molecule has 2 aromatic rings. The molecule has 0 atom stereocenters. The molecule has 3 heteroatoms. The Hall–Kier alpha value is -1.35. The molecule has 0 bridgehead atoms. The molecule has 66 valence electrons. The van der Waals surface area contributed by atoms with Gasteiger partial charge in [0.25, 0.3) is 0 Å². The van der Waals surface area contributed by atoms with Crippen LogP contribution in [0, 0.1) is 0 Å². The molecule has 2 aromatic heterocycles. The summed E-state index contributed by atoms with van der Waals surface area (Å²) in [5.41, 5.74) is 4.06. The molecule has 0 saturated heterocycles. The van der Waals surface area contributed by atoms with Crippen molar-refractivity contribution in [1.82, 2.24) is 14.7 Å². The van der Waals surface area contributed by atoms with E-state index in [2.05, 4.69) is 20.8 Å². The summed E-state index contributed by atoms with van der Waals surface area (Å²) in [6.07, 6.45) is 6.92. The van der Waals surface area contributed by atoms with Crippen LogP contribution >= 0.6 is 0 Å². The molecule has 3 heterocycles. The Balaban J connectivity index is 2.34. The summed E-state index contributed by atoms with van der Waals surface area (Å²) in [6, 6.07) is 2.22. The van der Waals surface area contributed by atoms with Crippen LogP contribution in [0.5, 0.6) is 0 Å². The Morgan fingerprint density at radius 3 is 3.46 bits per heavy atom. The van der Waals surface area contributed by atoms with Gasteiger partial charge in [-0.2, -0.15) is 0 Å². The Labute approximate surface area is 76.4 Å². The highest BCUT2D eigenvalue weighted by molar-refractivity contribution is 5.52. The highest BCUT2D eigenvalue weighted by atomic mass is 15.0. The summed E-state index contributed by atoms with van der Waals surface area (Å²) in [7, 11) is 0. The number of rotatable bonds is 0. The van der Waals surface area contributed by atoms with Gasteiger partial charge in [-0.05, 0) is 11.6 Å². The van der Waals surface area contributed by atoms with Gasteiger partial charge >= 0.3 is 0 Å². The van der Waals surface area contributed by atoms with Crippen molar-refractivity contribution < 1.29 is 0 Å². The van der Waals surface area contributed by atoms with Crippen LogP contribution in [0.1, 0.15) is 11.3 Å². The maximum Gasteiger partial charge on any atom is 0.0640 e. The molecule has 0 aliphatic carbocycles. The normalized spacial score (nSPS) is 16.0. The molecule has 0 unspecified atom stereocenters. The van der Waals surface area contributed by atoms with Gasteiger partial charge in [-0.15, -0.1) is 0 Å². The average molecular weight is 173 g/mol. The lowest BCUT2D eigenvalue weighted by molar-refractivity contribution is 0.632. The van der Waals surface area contributed by atoms with Crippen LogP contribution in [-0.4, -0.2) is 15.9 Å². The zero-order valence-corrected chi connectivity index (χ0v) is 7.33. The summed E-state index contributed by atoms with van der Waals surface area (Å²) < 4.78 is 2.24. The van der Waals surface area contributed by atoms with Crippen LogP contribution in [0.25, 0.3) is 5.52 Å². The van der Waals surface area contributed by atoms with Crippen molar-refractivity contribution in [1.29, 1.82) is 0 Å². The molecule has 0 radical (unpaired) electrons. The fourth-order valence-electron chi connectivity index (χ4n) is 2.01. The van der Waals surface area contributed by atoms with Crippen molar-refractivity contribution in [3.05, 3.63) is 35.9 Å². The van der Waals surface area contributed by atoms with Gasteiger partial charge in [-0.1, -0.05) is 0 Å². The molecule has 0 saturated carbocycles. The van der Waals surface area contributed by atoms with Crippen molar-refractivity contribution in [2.24, 2.45) is 0 Å². The van der Waals surface area contributed by atoms with Gasteiger partial charge in [-0.3, -0.25) is 4.98 Å². The van der Waals surface area contributed by atoms with E-state index in [0.717, 1.165) is 19.5 Å². The van der Waals surface area contributed by atoms with E-state index in [4.69, 9.17) is 0 Å². The lowest BCUT2D eigenvalue weighted by Crippen LogP contribution is -2.23. The van der Waals surface area contributed by atoms with E-state index < -0.39 is 0 Å². The molecule has 1 aliphatic heterocycles. The van der Waals surface area contributed by atoms with Gasteiger partial charge in [-0.25, -0.2) is 0 Å². The molecule has 0 fully saturated rings. The van der Waals surface area contributed by atoms with Crippen molar-refractivity contribution >= 4 is 5.52 Å². The second kappa shape index (κ2) is 2.57. The lowest BCUT2D eigenvalue weighted by Gasteiger charge is -2.13. The molecule has 3 rings (SSSR count). The predicted molar refractivity (Wildman–Crippen MR) is 50.6 cm³/mol. The zero-order valence-electron chi connectivity index (χ0n) is 7.33. The fourth-order valence-corrected chi connectivity index (χ4v) is 2.01. The first kappa shape index (κ1) is 7.09. The van der Waals surface area contributed by atoms with Crippen molar-refractivity contribution in [2.75, 3.05) is 6.54 Å². The standard InChI is InChI=1S/C10H11N3/c1-2-11-6-8-5-9-7-12-3-4-13(9)10(1)8/h3-5,7,11H,1-2,6H2. The molecule has 3 nitrogen and oxygen atoms in total. The van der Waals surface area contributed by atoms with Gasteiger partial charge in [0.2, 0.25) is 0 Å². The van der Waals surface area contributed by atoms with E-state index in [0.29, 0.717) is 0 Å². The van der Waals surface area contributed by atoms with Crippen LogP contribution in [0.15, 0.2) is 24.7 Å². The number of nitrogens with zero attached hydrogens (tertiary/aromatic N) is 2. The second-order valence-electron chi connectivity index (χ2n) is 3.41. The third-order valence-electron chi connectivity index (χ3n) is 2.62. The summed E-state index contributed by atoms with van der Waals surface area (Å²) >= 11 is 0. The Kier molecular flexibility index (Phi) is 1.40. The van der Waals surface area contributed by atoms with Gasteiger partial charge in [0.15, 0.2) is 0 Å². The number of fused-ring (bicyclic) bond motifs is 3. The SMILES string of the molecule is c1cn2c3c(cc2cn1)CNCC3. The lowest BCUT2D eigenvalue weighted by atomic mass is 10.1. The first-order valence-electron chi connectivity index (χ1n) is 4.59. The highest BCUT2D eigenvalue weighted by Crippen LogP contribution is 2.18. The summed E-state index contributed by atoms with van der Waals surface area (Å²) in [5.74, 6) is 0. The minimum atomic E-state index is 0.997. The third kappa shape index (κ3) is 0.971. The van der Waals surface area contributed by atoms with Gasteiger partial charge in [0.1, 0.15) is 0 Å². The number of aromatic nitrogens is 2. The van der Waals surface area contributed by atoms with Crippen LogP contribution in [0.3, 0.4) is 0 Å². The molecular formula is C10H11N3. The van der Waals surface area contributed by atoms with Gasteiger partial charge in [0.05, 0.1) is 11.7 Å². The smallest absolute Gasteiger partial charge is 0.0640 e. The summed E-state index contributed by atoms with van der Waals surface area (Å²) in [5, 5.41) is 3.37. The molecule has 13 heavy (non-hydrogen) atoms. The molecular weight excluding hydrogens is 162 g/mol. The minimum Gasteiger partial charge on any atom is -0.317 e. The first-order chi connectivity index (χ1) is 6.45. The molecule has 1 N–H and O–H groups in total. The Bertz CT molecular complexity index is 444. The fraction of sp³-hybridized carbons (Fsp3) is 0.300. The quantitative estimate of drug-likeness (QED) is 0.643. The maximum atomic E-state index is 4.12. The van der Waals surface area contributed by atoms with E-state index >= 15 is 0 Å². The molecule has 0 spiro atoms. The van der Waals surface area contributed by atoms with E-state index in [9.17, 15) is 0 Å². The monoisotopic (exact) mass is 173 g/mol. The maximum absolute atomic E-state index is 4.12. The average Bonchev–Trinajstić information content (AvgIpc) is 2.56. The minimum absolute atomic E-state index is 0.997. The topological polar surface area (TPSA) is 29.3 Å². The second-order valence-corrected chi connectivity index (χ2v) is 3.41. The van der Waals surface area contributed by atoms with Crippen LogP contribution < -0.4 is 5.32 Å². The largest absolute Gasteiger partial charge is 0.317 e. The molecule has 0 aromatic carbocycles. The van der Waals surface area contributed by atoms with Crippen LogP contribution in [0.4, 0.5) is 0 Å². The van der Waals surface area contributed by atoms with Crippen LogP contribution in [0.2, 0.25) is 0 Å². The van der Waals surface area contributed by atoms with E-state index in [1.165, 1.54) is 16.8 Å². The Morgan fingerprint density at radius 2 is 2.46 bits per heavy atom. The van der Waals surface area contributed by atoms with Crippen LogP contribution in [-0.2, 0) is 13.0 Å². The van der Waals surface area contributed by atoms with E-state index in [1.54, 1.807) is 0 Å². The number of nitrogens with one attached hydrogen (secondary N) is 1. The van der Waals surface area contributed by atoms with Crippen molar-refractivity contribution in [2.45, 2.75) is 13.0 Å². The number of hydrogen-bond acceptors (Lipinski definition) is 2. The molecule has 1 aliphatic rings. The predicted octanol–water partition coefficient (Wildman–Crippen LogP) is 0.980. The Morgan fingerprint density at radius 1 is 1.46 bits per heavy atom. The summed E-state index contributed by atoms with van der Waals surface area (Å²) in [4.78, 5) is 4.12. The zero-order chi connectivity index (χ0) is 8.67. The van der Waals surface area contributed by atoms with Gasteiger partial charge < -0.3 is 9.72 Å². The molecule has 0 amide bonds. The van der Waals surface area contributed by atoms with E-state index in [-0.39, 0.29) is 0 Å². The summed E-state index contributed by atoms with van der Waals surface area (Å²) in [6.45, 7) is 2.08.